The topological polar surface area (TPSA) is 56.7 Å². The van der Waals surface area contributed by atoms with E-state index in [9.17, 15) is 0 Å². The molecule has 0 aliphatic heterocycles. The summed E-state index contributed by atoms with van der Waals surface area (Å²) in [5, 5.41) is 3.52. The molecule has 8 aromatic rings. The Labute approximate surface area is 327 Å². The molecule has 53 heavy (non-hydrogen) atoms. The normalized spacial score (nSPS) is 11.6. The number of benzene rings is 4. The molecule has 0 saturated carbocycles. The molecule has 4 aromatic heterocycles. The number of rotatable bonds is 6. The first kappa shape index (κ1) is 38.1. The maximum atomic E-state index is 6.29. The van der Waals surface area contributed by atoms with E-state index in [2.05, 4.69) is 136 Å². The molecule has 0 unspecified atom stereocenters. The predicted molar refractivity (Wildman–Crippen MR) is 219 cm³/mol. The Balaban J connectivity index is 0.000000199. The van der Waals surface area contributed by atoms with Crippen LogP contribution < -0.4 is 5.19 Å². The van der Waals surface area contributed by atoms with Crippen molar-refractivity contribution in [1.82, 2.24) is 19.5 Å². The minimum atomic E-state index is -1.34. The van der Waals surface area contributed by atoms with Gasteiger partial charge in [0.15, 0.2) is 0 Å². The van der Waals surface area contributed by atoms with E-state index in [1.165, 1.54) is 27.4 Å². The summed E-state index contributed by atoms with van der Waals surface area (Å²) in [5.74, 6) is 1.49. The van der Waals surface area contributed by atoms with E-state index >= 15 is 0 Å². The monoisotopic (exact) mass is 891 g/mol. The van der Waals surface area contributed by atoms with E-state index in [0.717, 1.165) is 67.8 Å². The summed E-state index contributed by atoms with van der Waals surface area (Å²) in [4.78, 5) is 14.3. The Morgan fingerprint density at radius 1 is 0.792 bits per heavy atom. The van der Waals surface area contributed by atoms with Gasteiger partial charge in [0, 0.05) is 43.1 Å². The zero-order valence-electron chi connectivity index (χ0n) is 32.1. The number of aromatic nitrogens is 4. The van der Waals surface area contributed by atoms with Crippen LogP contribution in [0.2, 0.25) is 19.6 Å². The van der Waals surface area contributed by atoms with Crippen LogP contribution in [-0.4, -0.2) is 27.6 Å². The second kappa shape index (κ2) is 15.4. The van der Waals surface area contributed by atoms with Crippen molar-refractivity contribution in [1.29, 1.82) is 0 Å². The van der Waals surface area contributed by atoms with Crippen molar-refractivity contribution in [2.45, 2.75) is 67.6 Å². The summed E-state index contributed by atoms with van der Waals surface area (Å²) in [5.41, 5.74) is 13.6. The predicted octanol–water partition coefficient (Wildman–Crippen LogP) is 11.3. The quantitative estimate of drug-likeness (QED) is 0.123. The molecule has 271 valence electrons. The Hall–Kier alpha value is -4.68. The summed E-state index contributed by atoms with van der Waals surface area (Å²) in [6.45, 7) is 20.2. The third-order valence-corrected chi connectivity index (χ3v) is 11.6. The van der Waals surface area contributed by atoms with Gasteiger partial charge in [0.05, 0.1) is 30.5 Å². The van der Waals surface area contributed by atoms with Crippen LogP contribution in [0, 0.1) is 45.7 Å². The summed E-state index contributed by atoms with van der Waals surface area (Å²) < 4.78 is 8.54. The standard InChI is InChI=1S/C28H22N3O.C18H24NSi.Ir/c1-16-14-17(2)25(18(3)15-16)31-24-11-6-5-10-23(24)30-27(31)22-9-7-8-20-21-13-12-19(4)29-28(21)32-26(20)22;1-14(2)11-16-12-17(15-9-7-6-8-10-15)19-13-18(16)20(3,4)5;/h5-8,10-15H,1-4H3;6-9,12-14H,11H2,1-5H3;/q2*-1;. The van der Waals surface area contributed by atoms with Crippen LogP contribution in [0.25, 0.3) is 61.4 Å². The first-order valence-corrected chi connectivity index (χ1v) is 21.6. The molecule has 0 spiro atoms. The number of hydrogen-bond donors (Lipinski definition) is 0. The van der Waals surface area contributed by atoms with Gasteiger partial charge < -0.3 is 14.0 Å². The number of imidazole rings is 1. The van der Waals surface area contributed by atoms with E-state index < -0.39 is 8.07 Å². The van der Waals surface area contributed by atoms with Gasteiger partial charge in [-0.05, 0) is 86.3 Å². The van der Waals surface area contributed by atoms with E-state index in [4.69, 9.17) is 9.40 Å². The Bertz CT molecular complexity index is 2540. The largest absolute Gasteiger partial charge is 0.486 e. The third-order valence-electron chi connectivity index (χ3n) is 9.49. The van der Waals surface area contributed by atoms with Crippen molar-refractivity contribution in [3.05, 3.63) is 137 Å². The molecule has 8 rings (SSSR count). The van der Waals surface area contributed by atoms with E-state index in [0.29, 0.717) is 11.6 Å². The van der Waals surface area contributed by atoms with Gasteiger partial charge >= 0.3 is 0 Å². The van der Waals surface area contributed by atoms with Gasteiger partial charge in [0.1, 0.15) is 0 Å². The van der Waals surface area contributed by atoms with Gasteiger partial charge in [0.2, 0.25) is 5.71 Å². The molecule has 4 aromatic carbocycles. The molecule has 0 atom stereocenters. The third kappa shape index (κ3) is 7.70. The van der Waals surface area contributed by atoms with Gasteiger partial charge in [-0.25, -0.2) is 4.98 Å². The maximum Gasteiger partial charge on any atom is 0.216 e. The number of fused-ring (bicyclic) bond motifs is 4. The Morgan fingerprint density at radius 2 is 1.53 bits per heavy atom. The van der Waals surface area contributed by atoms with Crippen LogP contribution in [0.5, 0.6) is 0 Å². The summed E-state index contributed by atoms with van der Waals surface area (Å²) >= 11 is 0. The number of hydrogen-bond acceptors (Lipinski definition) is 4. The average Bonchev–Trinajstić information content (AvgIpc) is 3.66. The fraction of sp³-hybridized carbons (Fsp3) is 0.239. The molecule has 7 heteroatoms. The molecule has 0 fully saturated rings. The van der Waals surface area contributed by atoms with Crippen molar-refractivity contribution < 1.29 is 24.5 Å². The van der Waals surface area contributed by atoms with E-state index in [-0.39, 0.29) is 20.1 Å². The molecule has 0 amide bonds. The second-order valence-electron chi connectivity index (χ2n) is 15.4. The van der Waals surface area contributed by atoms with Crippen LogP contribution in [0.15, 0.2) is 102 Å². The number of para-hydroxylation sites is 2. The van der Waals surface area contributed by atoms with Crippen molar-refractivity contribution in [2.75, 3.05) is 0 Å². The molecule has 0 aliphatic rings. The minimum Gasteiger partial charge on any atom is -0.486 e. The molecule has 0 saturated heterocycles. The van der Waals surface area contributed by atoms with Crippen molar-refractivity contribution >= 4 is 46.4 Å². The second-order valence-corrected chi connectivity index (χ2v) is 20.4. The zero-order valence-corrected chi connectivity index (χ0v) is 35.4. The van der Waals surface area contributed by atoms with Crippen molar-refractivity contribution in [3.63, 3.8) is 0 Å². The molecule has 1 radical (unpaired) electrons. The molecule has 0 aliphatic carbocycles. The molecule has 0 bridgehead atoms. The number of nitrogens with zero attached hydrogens (tertiary/aromatic N) is 4. The summed E-state index contributed by atoms with van der Waals surface area (Å²) in [6, 6.07) is 37.8. The molecular formula is C46H46IrN4OSi-2. The summed E-state index contributed by atoms with van der Waals surface area (Å²) in [6.07, 6.45) is 3.24. The Morgan fingerprint density at radius 3 is 2.23 bits per heavy atom. The van der Waals surface area contributed by atoms with E-state index in [1.807, 2.05) is 49.4 Å². The van der Waals surface area contributed by atoms with Crippen molar-refractivity contribution in [2.24, 2.45) is 5.92 Å². The van der Waals surface area contributed by atoms with Crippen LogP contribution in [0.4, 0.5) is 0 Å². The van der Waals surface area contributed by atoms with Crippen LogP contribution in [0.3, 0.4) is 0 Å². The van der Waals surface area contributed by atoms with Crippen LogP contribution >= 0.6 is 0 Å². The molecule has 4 heterocycles. The van der Waals surface area contributed by atoms with Gasteiger partial charge in [0.25, 0.3) is 0 Å². The van der Waals surface area contributed by atoms with Crippen molar-refractivity contribution in [3.8, 4) is 28.3 Å². The first-order valence-electron chi connectivity index (χ1n) is 18.1. The Kier molecular flexibility index (Phi) is 11.0. The minimum absolute atomic E-state index is 0. The SMILES string of the molecule is CC(C)Cc1cc(-c2[c-]cccc2)ncc1[Si](C)(C)C.Cc1cc(C)c(-n2c(-c3[c-]ccc4c3oc3nc(C)ccc34)nc3ccccc32)c(C)c1.[Ir]. The van der Waals surface area contributed by atoms with Gasteiger partial charge in [-0.2, -0.15) is 0 Å². The fourth-order valence-electron chi connectivity index (χ4n) is 7.31. The number of pyridine rings is 2. The maximum absolute atomic E-state index is 6.29. The van der Waals surface area contributed by atoms with Gasteiger partial charge in [-0.1, -0.05) is 85.9 Å². The van der Waals surface area contributed by atoms with Crippen LogP contribution in [0.1, 0.15) is 41.8 Å². The fourth-order valence-corrected chi connectivity index (χ4v) is 8.90. The summed E-state index contributed by atoms with van der Waals surface area (Å²) in [7, 11) is -1.34. The zero-order chi connectivity index (χ0) is 36.7. The smallest absolute Gasteiger partial charge is 0.216 e. The molecule has 0 N–H and O–H groups in total. The van der Waals surface area contributed by atoms with Crippen LogP contribution in [-0.2, 0) is 26.5 Å². The molecular weight excluding hydrogens is 845 g/mol. The van der Waals surface area contributed by atoms with Gasteiger partial charge in [-0.3, -0.25) is 4.98 Å². The number of furan rings is 1. The van der Waals surface area contributed by atoms with Gasteiger partial charge in [-0.15, -0.1) is 54.1 Å². The number of aryl methyl sites for hydroxylation is 4. The van der Waals surface area contributed by atoms with E-state index in [1.54, 1.807) is 0 Å². The average molecular weight is 891 g/mol. The first-order chi connectivity index (χ1) is 24.9. The molecule has 5 nitrogen and oxygen atoms in total.